The maximum Gasteiger partial charge on any atom is 0.248 e. The first-order chi connectivity index (χ1) is 16.2. The number of hydrogen-bond donors (Lipinski definition) is 1. The average molecular weight is 438 g/mol. The van der Waals surface area contributed by atoms with Crippen molar-refractivity contribution in [3.05, 3.63) is 85.2 Å². The zero-order chi connectivity index (χ0) is 22.6. The number of pyridine rings is 1. The van der Waals surface area contributed by atoms with Gasteiger partial charge in [0.1, 0.15) is 11.9 Å². The van der Waals surface area contributed by atoms with Gasteiger partial charge in [0.15, 0.2) is 0 Å². The Morgan fingerprint density at radius 2 is 1.70 bits per heavy atom. The largest absolute Gasteiger partial charge is 0.360 e. The van der Waals surface area contributed by atoms with Gasteiger partial charge in [-0.3, -0.25) is 9.48 Å². The maximum absolute atomic E-state index is 13.2. The van der Waals surface area contributed by atoms with Crippen molar-refractivity contribution in [2.75, 3.05) is 16.8 Å². The van der Waals surface area contributed by atoms with Gasteiger partial charge in [-0.05, 0) is 60.7 Å². The Morgan fingerprint density at radius 1 is 0.909 bits per heavy atom. The van der Waals surface area contributed by atoms with Gasteiger partial charge in [-0.2, -0.15) is 5.10 Å². The number of anilines is 2. The third-order valence-electron chi connectivity index (χ3n) is 6.24. The molecule has 4 aromatic rings. The maximum atomic E-state index is 13.2. The molecule has 1 saturated heterocycles. The van der Waals surface area contributed by atoms with Crippen molar-refractivity contribution in [2.24, 2.45) is 7.05 Å². The molecular formula is C27H27N5O. The Kier molecular flexibility index (Phi) is 5.89. The number of aromatic nitrogens is 3. The highest BCUT2D eigenvalue weighted by Crippen LogP contribution is 2.28. The molecular weight excluding hydrogens is 410 g/mol. The molecule has 0 saturated carbocycles. The fraction of sp³-hybridized carbons (Fsp3) is 0.222. The Morgan fingerprint density at radius 3 is 2.39 bits per heavy atom. The van der Waals surface area contributed by atoms with E-state index in [0.717, 1.165) is 53.9 Å². The fourth-order valence-electron chi connectivity index (χ4n) is 4.47. The second-order valence-corrected chi connectivity index (χ2v) is 8.38. The molecule has 2 aromatic heterocycles. The molecule has 1 unspecified atom stereocenters. The van der Waals surface area contributed by atoms with Crippen LogP contribution in [0.4, 0.5) is 11.5 Å². The van der Waals surface area contributed by atoms with Gasteiger partial charge in [-0.1, -0.05) is 42.5 Å². The lowest BCUT2D eigenvalue weighted by atomic mass is 10.00. The van der Waals surface area contributed by atoms with Crippen molar-refractivity contribution >= 4 is 17.4 Å². The summed E-state index contributed by atoms with van der Waals surface area (Å²) in [7, 11) is 1.94. The molecule has 6 nitrogen and oxygen atoms in total. The van der Waals surface area contributed by atoms with E-state index in [-0.39, 0.29) is 11.9 Å². The predicted molar refractivity (Wildman–Crippen MR) is 132 cm³/mol. The first-order valence-electron chi connectivity index (χ1n) is 11.4. The smallest absolute Gasteiger partial charge is 0.248 e. The summed E-state index contributed by atoms with van der Waals surface area (Å²) in [6.07, 6.45) is 6.56. The van der Waals surface area contributed by atoms with Crippen LogP contribution in [0.25, 0.3) is 22.4 Å². The van der Waals surface area contributed by atoms with Gasteiger partial charge in [0.25, 0.3) is 0 Å². The van der Waals surface area contributed by atoms with Gasteiger partial charge >= 0.3 is 0 Å². The number of nitrogens with zero attached hydrogens (tertiary/aromatic N) is 4. The molecule has 0 bridgehead atoms. The monoisotopic (exact) mass is 437 g/mol. The summed E-state index contributed by atoms with van der Waals surface area (Å²) in [4.78, 5) is 19.9. The van der Waals surface area contributed by atoms with Crippen LogP contribution in [0.1, 0.15) is 19.3 Å². The van der Waals surface area contributed by atoms with E-state index in [4.69, 9.17) is 0 Å². The minimum absolute atomic E-state index is 0.00891. The molecule has 3 heterocycles. The van der Waals surface area contributed by atoms with Crippen LogP contribution in [0.3, 0.4) is 0 Å². The molecule has 0 aliphatic carbocycles. The lowest BCUT2D eigenvalue weighted by Gasteiger charge is -2.36. The third-order valence-corrected chi connectivity index (χ3v) is 6.24. The van der Waals surface area contributed by atoms with Crippen molar-refractivity contribution in [3.63, 3.8) is 0 Å². The summed E-state index contributed by atoms with van der Waals surface area (Å²) < 4.78 is 1.86. The number of carbonyl (C=O) groups excluding carboxylic acids is 1. The number of hydrogen-bond acceptors (Lipinski definition) is 4. The van der Waals surface area contributed by atoms with Crippen LogP contribution >= 0.6 is 0 Å². The molecule has 1 fully saturated rings. The second-order valence-electron chi connectivity index (χ2n) is 8.38. The molecule has 1 aliphatic rings. The zero-order valence-corrected chi connectivity index (χ0v) is 18.7. The van der Waals surface area contributed by atoms with Gasteiger partial charge in [0.2, 0.25) is 5.91 Å². The number of nitrogens with one attached hydrogen (secondary N) is 1. The number of amides is 1. The average Bonchev–Trinajstić information content (AvgIpc) is 3.31. The molecule has 5 rings (SSSR count). The van der Waals surface area contributed by atoms with Crippen molar-refractivity contribution < 1.29 is 4.79 Å². The van der Waals surface area contributed by atoms with Crippen molar-refractivity contribution in [1.29, 1.82) is 0 Å². The van der Waals surface area contributed by atoms with Crippen LogP contribution in [-0.4, -0.2) is 33.3 Å². The minimum Gasteiger partial charge on any atom is -0.360 e. The lowest BCUT2D eigenvalue weighted by Crippen LogP contribution is -2.47. The van der Waals surface area contributed by atoms with E-state index in [1.165, 1.54) is 0 Å². The highest BCUT2D eigenvalue weighted by atomic mass is 16.2. The number of piperidine rings is 1. The summed E-state index contributed by atoms with van der Waals surface area (Å²) in [6, 6.07) is 24.2. The summed E-state index contributed by atoms with van der Waals surface area (Å²) in [5, 5.41) is 7.28. The zero-order valence-electron chi connectivity index (χ0n) is 18.7. The van der Waals surface area contributed by atoms with E-state index in [2.05, 4.69) is 56.7 Å². The third kappa shape index (κ3) is 4.51. The van der Waals surface area contributed by atoms with Crippen molar-refractivity contribution in [1.82, 2.24) is 14.8 Å². The van der Waals surface area contributed by atoms with Gasteiger partial charge in [-0.25, -0.2) is 4.98 Å². The topological polar surface area (TPSA) is 63.1 Å². The van der Waals surface area contributed by atoms with Gasteiger partial charge in [-0.15, -0.1) is 0 Å². The van der Waals surface area contributed by atoms with E-state index in [1.54, 1.807) is 12.4 Å². The molecule has 1 N–H and O–H groups in total. The SMILES string of the molecule is Cn1nccc1-c1ccc(N2CCCCC2C(=O)Nc2ccc(-c3ccccc3)cn2)cc1. The van der Waals surface area contributed by atoms with Crippen LogP contribution in [0.2, 0.25) is 0 Å². The van der Waals surface area contributed by atoms with Crippen LogP contribution in [0.5, 0.6) is 0 Å². The standard InChI is InChI=1S/C27H27N5O/c1-31-24(16-17-29-31)21-10-13-23(14-11-21)32-18-6-5-9-25(32)27(33)30-26-15-12-22(19-28-26)20-7-3-2-4-8-20/h2-4,7-8,10-17,19,25H,5-6,9,18H2,1H3,(H,28,30,33). The van der Waals surface area contributed by atoms with Gasteiger partial charge < -0.3 is 10.2 Å². The second kappa shape index (κ2) is 9.28. The van der Waals surface area contributed by atoms with Gasteiger partial charge in [0.05, 0.1) is 5.69 Å². The van der Waals surface area contributed by atoms with E-state index in [9.17, 15) is 4.79 Å². The predicted octanol–water partition coefficient (Wildman–Crippen LogP) is 5.15. The van der Waals surface area contributed by atoms with E-state index in [1.807, 2.05) is 48.1 Å². The molecule has 1 atom stereocenters. The molecule has 0 radical (unpaired) electrons. The minimum atomic E-state index is -0.211. The van der Waals surface area contributed by atoms with Crippen LogP contribution < -0.4 is 10.2 Å². The highest BCUT2D eigenvalue weighted by Gasteiger charge is 2.29. The van der Waals surface area contributed by atoms with Crippen molar-refractivity contribution in [2.45, 2.75) is 25.3 Å². The molecule has 0 spiro atoms. The number of aryl methyl sites for hydroxylation is 1. The summed E-state index contributed by atoms with van der Waals surface area (Å²) in [5.41, 5.74) is 5.38. The summed E-state index contributed by atoms with van der Waals surface area (Å²) in [6.45, 7) is 0.865. The molecule has 33 heavy (non-hydrogen) atoms. The van der Waals surface area contributed by atoms with Gasteiger partial charge in [0, 0.05) is 37.2 Å². The fourth-order valence-corrected chi connectivity index (χ4v) is 4.47. The van der Waals surface area contributed by atoms with Crippen molar-refractivity contribution in [3.8, 4) is 22.4 Å². The van der Waals surface area contributed by atoms with E-state index < -0.39 is 0 Å². The Labute approximate surface area is 193 Å². The first kappa shape index (κ1) is 20.9. The van der Waals surface area contributed by atoms with Crippen LogP contribution in [0, 0.1) is 0 Å². The quantitative estimate of drug-likeness (QED) is 0.469. The normalized spacial score (nSPS) is 15.9. The Hall–Kier alpha value is -3.93. The molecule has 6 heteroatoms. The van der Waals surface area contributed by atoms with Crippen LogP contribution in [-0.2, 0) is 11.8 Å². The van der Waals surface area contributed by atoms with Crippen LogP contribution in [0.15, 0.2) is 85.2 Å². The summed E-state index contributed by atoms with van der Waals surface area (Å²) in [5.74, 6) is 0.571. The molecule has 1 amide bonds. The molecule has 166 valence electrons. The molecule has 2 aromatic carbocycles. The Bertz CT molecular complexity index is 1220. The number of carbonyl (C=O) groups is 1. The Balaban J connectivity index is 1.30. The van der Waals surface area contributed by atoms with E-state index in [0.29, 0.717) is 5.82 Å². The first-order valence-corrected chi connectivity index (χ1v) is 11.4. The number of rotatable bonds is 5. The van der Waals surface area contributed by atoms with E-state index >= 15 is 0 Å². The highest BCUT2D eigenvalue weighted by molar-refractivity contribution is 5.96. The number of benzene rings is 2. The summed E-state index contributed by atoms with van der Waals surface area (Å²) >= 11 is 0. The lowest BCUT2D eigenvalue weighted by molar-refractivity contribution is -0.117. The molecule has 1 aliphatic heterocycles.